The highest BCUT2D eigenvalue weighted by Gasteiger charge is 2.14. The molecule has 1 aromatic carbocycles. The van der Waals surface area contributed by atoms with Gasteiger partial charge in [-0.3, -0.25) is 0 Å². The molecule has 1 aromatic rings. The number of anilines is 2. The first-order valence-corrected chi connectivity index (χ1v) is 8.00. The minimum absolute atomic E-state index is 0.0671. The second-order valence-corrected chi connectivity index (χ2v) is 5.81. The van der Waals surface area contributed by atoms with Crippen LogP contribution in [0.4, 0.5) is 15.8 Å². The van der Waals surface area contributed by atoms with Crippen molar-refractivity contribution < 1.29 is 9.13 Å². The van der Waals surface area contributed by atoms with E-state index in [2.05, 4.69) is 19.2 Å². The fourth-order valence-corrected chi connectivity index (χ4v) is 2.35. The molecule has 0 aliphatic carbocycles. The van der Waals surface area contributed by atoms with E-state index in [-0.39, 0.29) is 11.9 Å². The van der Waals surface area contributed by atoms with E-state index < -0.39 is 5.82 Å². The number of halogens is 1. The molecule has 0 saturated carbocycles. The normalized spacial score (nSPS) is 12.5. The molecule has 0 radical (unpaired) electrons. The summed E-state index contributed by atoms with van der Waals surface area (Å²) in [5.41, 5.74) is 7.13. The van der Waals surface area contributed by atoms with Gasteiger partial charge in [0.25, 0.3) is 0 Å². The second-order valence-electron chi connectivity index (χ2n) is 5.81. The molecule has 0 aliphatic rings. The van der Waals surface area contributed by atoms with E-state index in [1.807, 2.05) is 13.8 Å². The van der Waals surface area contributed by atoms with Gasteiger partial charge in [-0.05, 0) is 26.7 Å². The Morgan fingerprint density at radius 3 is 2.48 bits per heavy atom. The number of unbranched alkanes of at least 4 members (excludes halogenated alkanes) is 1. The van der Waals surface area contributed by atoms with Crippen LogP contribution in [0.5, 0.6) is 5.75 Å². The van der Waals surface area contributed by atoms with Gasteiger partial charge in [0.2, 0.25) is 0 Å². The van der Waals surface area contributed by atoms with Crippen LogP contribution < -0.4 is 15.8 Å². The zero-order chi connectivity index (χ0) is 15.8. The van der Waals surface area contributed by atoms with E-state index in [4.69, 9.17) is 10.5 Å². The summed E-state index contributed by atoms with van der Waals surface area (Å²) < 4.78 is 19.3. The van der Waals surface area contributed by atoms with Crippen molar-refractivity contribution in [1.29, 1.82) is 0 Å². The number of benzene rings is 1. The van der Waals surface area contributed by atoms with Crippen molar-refractivity contribution in [3.63, 3.8) is 0 Å². The molecule has 3 N–H and O–H groups in total. The average molecular weight is 296 g/mol. The quantitative estimate of drug-likeness (QED) is 0.633. The van der Waals surface area contributed by atoms with Gasteiger partial charge in [-0.2, -0.15) is 0 Å². The highest BCUT2D eigenvalue weighted by Crippen LogP contribution is 2.30. The summed E-state index contributed by atoms with van der Waals surface area (Å²) in [6.07, 6.45) is 5.56. The SMILES string of the molecule is CCCCC(CCC)Nc1cc(OC(C)C)c(F)cc1N. The lowest BCUT2D eigenvalue weighted by Gasteiger charge is -2.21. The van der Waals surface area contributed by atoms with Crippen molar-refractivity contribution in [2.45, 2.75) is 71.9 Å². The highest BCUT2D eigenvalue weighted by atomic mass is 19.1. The maximum atomic E-state index is 13.8. The molecule has 1 rings (SSSR count). The van der Waals surface area contributed by atoms with Crippen molar-refractivity contribution in [3.8, 4) is 5.75 Å². The van der Waals surface area contributed by atoms with E-state index in [1.54, 1.807) is 6.07 Å². The Balaban J connectivity index is 2.88. The standard InChI is InChI=1S/C17H29FN2O/c1-5-7-9-13(8-6-2)20-16-11-17(21-12(3)4)14(18)10-15(16)19/h10-13,20H,5-9,19H2,1-4H3. The minimum atomic E-state index is -0.410. The topological polar surface area (TPSA) is 47.3 Å². The average Bonchev–Trinajstić information content (AvgIpc) is 2.41. The van der Waals surface area contributed by atoms with Crippen LogP contribution in [0.2, 0.25) is 0 Å². The summed E-state index contributed by atoms with van der Waals surface area (Å²) in [6, 6.07) is 3.39. The summed E-state index contributed by atoms with van der Waals surface area (Å²) in [5, 5.41) is 3.45. The van der Waals surface area contributed by atoms with Gasteiger partial charge in [-0.15, -0.1) is 0 Å². The summed E-state index contributed by atoms with van der Waals surface area (Å²) >= 11 is 0. The van der Waals surface area contributed by atoms with Gasteiger partial charge in [0.15, 0.2) is 11.6 Å². The van der Waals surface area contributed by atoms with Crippen LogP contribution in [-0.2, 0) is 0 Å². The third-order valence-corrected chi connectivity index (χ3v) is 3.37. The molecule has 4 heteroatoms. The molecular weight excluding hydrogens is 267 g/mol. The second kappa shape index (κ2) is 8.75. The number of rotatable bonds is 9. The maximum Gasteiger partial charge on any atom is 0.167 e. The van der Waals surface area contributed by atoms with E-state index in [0.29, 0.717) is 11.7 Å². The zero-order valence-corrected chi connectivity index (χ0v) is 13.7. The number of ether oxygens (including phenoxy) is 1. The third kappa shape index (κ3) is 5.82. The first kappa shape index (κ1) is 17.6. The molecule has 0 fully saturated rings. The fourth-order valence-electron chi connectivity index (χ4n) is 2.35. The van der Waals surface area contributed by atoms with Crippen molar-refractivity contribution >= 4 is 11.4 Å². The Morgan fingerprint density at radius 2 is 1.90 bits per heavy atom. The summed E-state index contributed by atoms with van der Waals surface area (Å²) in [4.78, 5) is 0. The minimum Gasteiger partial charge on any atom is -0.488 e. The summed E-state index contributed by atoms with van der Waals surface area (Å²) in [6.45, 7) is 8.11. The lowest BCUT2D eigenvalue weighted by atomic mass is 10.0. The van der Waals surface area contributed by atoms with Gasteiger partial charge in [-0.25, -0.2) is 4.39 Å². The van der Waals surface area contributed by atoms with Crippen LogP contribution in [0, 0.1) is 5.82 Å². The van der Waals surface area contributed by atoms with Crippen molar-refractivity contribution in [2.24, 2.45) is 0 Å². The molecule has 0 heterocycles. The lowest BCUT2D eigenvalue weighted by molar-refractivity contribution is 0.231. The van der Waals surface area contributed by atoms with Crippen LogP contribution >= 0.6 is 0 Å². The Labute approximate surface area is 128 Å². The van der Waals surface area contributed by atoms with Gasteiger partial charge in [0.05, 0.1) is 17.5 Å². The summed E-state index contributed by atoms with van der Waals surface area (Å²) in [7, 11) is 0. The van der Waals surface area contributed by atoms with Gasteiger partial charge >= 0.3 is 0 Å². The number of nitrogens with one attached hydrogen (secondary N) is 1. The van der Waals surface area contributed by atoms with E-state index in [9.17, 15) is 4.39 Å². The van der Waals surface area contributed by atoms with Crippen molar-refractivity contribution in [2.75, 3.05) is 11.1 Å². The first-order chi connectivity index (χ1) is 9.97. The predicted molar refractivity (Wildman–Crippen MR) is 88.4 cm³/mol. The number of nitrogen functional groups attached to an aromatic ring is 1. The van der Waals surface area contributed by atoms with Crippen LogP contribution in [0.1, 0.15) is 59.8 Å². The lowest BCUT2D eigenvalue weighted by Crippen LogP contribution is -2.20. The molecule has 120 valence electrons. The Hall–Kier alpha value is -1.45. The smallest absolute Gasteiger partial charge is 0.167 e. The molecule has 21 heavy (non-hydrogen) atoms. The Morgan fingerprint density at radius 1 is 1.19 bits per heavy atom. The molecule has 1 unspecified atom stereocenters. The molecule has 0 aliphatic heterocycles. The van der Waals surface area contributed by atoms with Crippen LogP contribution in [0.15, 0.2) is 12.1 Å². The molecule has 1 atom stereocenters. The summed E-state index contributed by atoms with van der Waals surface area (Å²) in [5.74, 6) is -0.153. The Kier molecular flexibility index (Phi) is 7.34. The van der Waals surface area contributed by atoms with E-state index >= 15 is 0 Å². The van der Waals surface area contributed by atoms with Gasteiger partial charge in [-0.1, -0.05) is 33.1 Å². The Bertz CT molecular complexity index is 435. The highest BCUT2D eigenvalue weighted by molar-refractivity contribution is 5.69. The molecule has 3 nitrogen and oxygen atoms in total. The zero-order valence-electron chi connectivity index (χ0n) is 13.7. The molecular formula is C17H29FN2O. The third-order valence-electron chi connectivity index (χ3n) is 3.37. The van der Waals surface area contributed by atoms with Crippen molar-refractivity contribution in [1.82, 2.24) is 0 Å². The van der Waals surface area contributed by atoms with Crippen molar-refractivity contribution in [3.05, 3.63) is 17.9 Å². The molecule has 0 bridgehead atoms. The van der Waals surface area contributed by atoms with Crippen LogP contribution in [0.3, 0.4) is 0 Å². The van der Waals surface area contributed by atoms with Crippen LogP contribution in [-0.4, -0.2) is 12.1 Å². The molecule has 0 amide bonds. The fraction of sp³-hybridized carbons (Fsp3) is 0.647. The molecule has 0 spiro atoms. The number of nitrogens with two attached hydrogens (primary N) is 1. The largest absolute Gasteiger partial charge is 0.488 e. The maximum absolute atomic E-state index is 13.8. The van der Waals surface area contributed by atoms with Gasteiger partial charge in [0.1, 0.15) is 0 Å². The molecule has 0 aromatic heterocycles. The van der Waals surface area contributed by atoms with Gasteiger partial charge in [0, 0.05) is 18.2 Å². The number of hydrogen-bond donors (Lipinski definition) is 2. The van der Waals surface area contributed by atoms with E-state index in [1.165, 1.54) is 18.9 Å². The monoisotopic (exact) mass is 296 g/mol. The predicted octanol–water partition coefficient (Wildman–Crippen LogP) is 4.97. The van der Waals surface area contributed by atoms with Gasteiger partial charge < -0.3 is 15.8 Å². The van der Waals surface area contributed by atoms with E-state index in [0.717, 1.165) is 24.9 Å². The molecule has 0 saturated heterocycles. The van der Waals surface area contributed by atoms with Crippen LogP contribution in [0.25, 0.3) is 0 Å². The number of hydrogen-bond acceptors (Lipinski definition) is 3. The first-order valence-electron chi connectivity index (χ1n) is 8.00.